The minimum absolute atomic E-state index is 0.209. The summed E-state index contributed by atoms with van der Waals surface area (Å²) in [6, 6.07) is 2.05. The maximum Gasteiger partial charge on any atom is 0.0524 e. The van der Waals surface area contributed by atoms with E-state index < -0.39 is 0 Å². The van der Waals surface area contributed by atoms with E-state index in [0.717, 1.165) is 19.5 Å². The van der Waals surface area contributed by atoms with Gasteiger partial charge < -0.3 is 10.4 Å². The van der Waals surface area contributed by atoms with E-state index in [2.05, 4.69) is 32.7 Å². The van der Waals surface area contributed by atoms with Crippen molar-refractivity contribution in [3.63, 3.8) is 0 Å². The van der Waals surface area contributed by atoms with Crippen LogP contribution in [0.1, 0.15) is 18.2 Å². The Labute approximate surface area is 91.1 Å². The van der Waals surface area contributed by atoms with Crippen LogP contribution in [0.5, 0.6) is 0 Å². The van der Waals surface area contributed by atoms with Gasteiger partial charge in [-0.3, -0.25) is 0 Å². The van der Waals surface area contributed by atoms with Gasteiger partial charge in [0.05, 0.1) is 6.10 Å². The molecule has 0 saturated carbocycles. The zero-order valence-electron chi connectivity index (χ0n) is 7.59. The lowest BCUT2D eigenvalue weighted by atomic mass is 10.3. The number of rotatable bonds is 5. The zero-order chi connectivity index (χ0) is 9.68. The van der Waals surface area contributed by atoms with Gasteiger partial charge in [-0.25, -0.2) is 0 Å². The van der Waals surface area contributed by atoms with E-state index >= 15 is 0 Å². The van der Waals surface area contributed by atoms with Crippen molar-refractivity contribution in [3.05, 3.63) is 20.8 Å². The third kappa shape index (κ3) is 4.22. The molecule has 1 heterocycles. The Morgan fingerprint density at radius 3 is 3.00 bits per heavy atom. The Balaban J connectivity index is 2.17. The standard InChI is InChI=1S/C9H14BrNOS/c1-7(12)2-4-11-6-9-8(10)3-5-13-9/h3,5,7,11-12H,2,4,6H2,1H3. The predicted octanol–water partition coefficient (Wildman–Crippen LogP) is 2.37. The summed E-state index contributed by atoms with van der Waals surface area (Å²) in [6.07, 6.45) is 0.600. The van der Waals surface area contributed by atoms with E-state index in [1.807, 2.05) is 6.92 Å². The number of aliphatic hydroxyl groups excluding tert-OH is 1. The Morgan fingerprint density at radius 2 is 2.46 bits per heavy atom. The molecule has 1 aromatic rings. The number of hydrogen-bond donors (Lipinski definition) is 2. The first-order valence-corrected chi connectivity index (χ1v) is 5.98. The summed E-state index contributed by atoms with van der Waals surface area (Å²) in [6.45, 7) is 3.55. The number of aliphatic hydroxyl groups is 1. The lowest BCUT2D eigenvalue weighted by molar-refractivity contribution is 0.183. The molecule has 0 radical (unpaired) electrons. The molecular weight excluding hydrogens is 250 g/mol. The molecule has 1 atom stereocenters. The molecule has 74 valence electrons. The first-order valence-electron chi connectivity index (χ1n) is 4.31. The van der Waals surface area contributed by atoms with Gasteiger partial charge in [-0.05, 0) is 47.3 Å². The largest absolute Gasteiger partial charge is 0.393 e. The predicted molar refractivity (Wildman–Crippen MR) is 60.0 cm³/mol. The number of nitrogens with one attached hydrogen (secondary N) is 1. The highest BCUT2D eigenvalue weighted by atomic mass is 79.9. The highest BCUT2D eigenvalue weighted by molar-refractivity contribution is 9.10. The van der Waals surface area contributed by atoms with Crippen molar-refractivity contribution in [1.82, 2.24) is 5.32 Å². The van der Waals surface area contributed by atoms with Crippen molar-refractivity contribution in [2.75, 3.05) is 6.54 Å². The van der Waals surface area contributed by atoms with E-state index in [1.54, 1.807) is 11.3 Å². The molecule has 13 heavy (non-hydrogen) atoms. The molecule has 0 aliphatic carbocycles. The fraction of sp³-hybridized carbons (Fsp3) is 0.556. The van der Waals surface area contributed by atoms with Crippen LogP contribution in [0.15, 0.2) is 15.9 Å². The summed E-state index contributed by atoms with van der Waals surface area (Å²) >= 11 is 5.20. The fourth-order valence-corrected chi connectivity index (χ4v) is 2.43. The van der Waals surface area contributed by atoms with Crippen LogP contribution in [-0.2, 0) is 6.54 Å². The van der Waals surface area contributed by atoms with E-state index in [-0.39, 0.29) is 6.10 Å². The van der Waals surface area contributed by atoms with E-state index in [9.17, 15) is 0 Å². The van der Waals surface area contributed by atoms with Gasteiger partial charge in [-0.15, -0.1) is 11.3 Å². The van der Waals surface area contributed by atoms with Gasteiger partial charge in [0.25, 0.3) is 0 Å². The molecule has 2 N–H and O–H groups in total. The third-order valence-electron chi connectivity index (χ3n) is 1.72. The Hall–Kier alpha value is 0.100. The van der Waals surface area contributed by atoms with Crippen molar-refractivity contribution in [2.45, 2.75) is 26.0 Å². The summed E-state index contributed by atoms with van der Waals surface area (Å²) in [5, 5.41) is 14.4. The van der Waals surface area contributed by atoms with E-state index in [1.165, 1.54) is 9.35 Å². The maximum atomic E-state index is 9.02. The quantitative estimate of drug-likeness (QED) is 0.800. The smallest absolute Gasteiger partial charge is 0.0524 e. The molecule has 0 fully saturated rings. The van der Waals surface area contributed by atoms with Crippen LogP contribution in [0.4, 0.5) is 0 Å². The average Bonchev–Trinajstić information content (AvgIpc) is 2.45. The molecule has 0 aliphatic heterocycles. The summed E-state index contributed by atoms with van der Waals surface area (Å²) in [4.78, 5) is 1.31. The van der Waals surface area contributed by atoms with Gasteiger partial charge in [-0.1, -0.05) is 0 Å². The van der Waals surface area contributed by atoms with Crippen molar-refractivity contribution in [3.8, 4) is 0 Å². The van der Waals surface area contributed by atoms with Crippen molar-refractivity contribution >= 4 is 27.3 Å². The molecule has 1 unspecified atom stereocenters. The summed E-state index contributed by atoms with van der Waals surface area (Å²) in [5.41, 5.74) is 0. The number of halogens is 1. The molecule has 0 spiro atoms. The molecule has 0 bridgehead atoms. The summed E-state index contributed by atoms with van der Waals surface area (Å²) < 4.78 is 1.17. The summed E-state index contributed by atoms with van der Waals surface area (Å²) in [5.74, 6) is 0. The molecule has 0 aromatic carbocycles. The Morgan fingerprint density at radius 1 is 1.69 bits per heavy atom. The van der Waals surface area contributed by atoms with Crippen LogP contribution >= 0.6 is 27.3 Å². The van der Waals surface area contributed by atoms with Crippen LogP contribution in [0.2, 0.25) is 0 Å². The minimum Gasteiger partial charge on any atom is -0.393 e. The highest BCUT2D eigenvalue weighted by Crippen LogP contribution is 2.21. The van der Waals surface area contributed by atoms with Gasteiger partial charge in [0, 0.05) is 15.9 Å². The van der Waals surface area contributed by atoms with Gasteiger partial charge in [-0.2, -0.15) is 0 Å². The molecule has 2 nitrogen and oxygen atoms in total. The summed E-state index contributed by atoms with van der Waals surface area (Å²) in [7, 11) is 0. The molecule has 0 amide bonds. The SMILES string of the molecule is CC(O)CCNCc1sccc1Br. The highest BCUT2D eigenvalue weighted by Gasteiger charge is 2.00. The molecule has 0 saturated heterocycles. The average molecular weight is 264 g/mol. The normalized spacial score (nSPS) is 13.2. The third-order valence-corrected chi connectivity index (χ3v) is 3.64. The second-order valence-corrected chi connectivity index (χ2v) is 4.86. The van der Waals surface area contributed by atoms with Gasteiger partial charge in [0.2, 0.25) is 0 Å². The Bertz CT molecular complexity index is 250. The molecule has 4 heteroatoms. The van der Waals surface area contributed by atoms with Crippen molar-refractivity contribution in [1.29, 1.82) is 0 Å². The lowest BCUT2D eigenvalue weighted by Gasteiger charge is -2.05. The van der Waals surface area contributed by atoms with Crippen molar-refractivity contribution < 1.29 is 5.11 Å². The lowest BCUT2D eigenvalue weighted by Crippen LogP contribution is -2.18. The van der Waals surface area contributed by atoms with Gasteiger partial charge in [0.1, 0.15) is 0 Å². The first kappa shape index (κ1) is 11.2. The first-order chi connectivity index (χ1) is 6.20. The van der Waals surface area contributed by atoms with Crippen LogP contribution in [-0.4, -0.2) is 17.8 Å². The van der Waals surface area contributed by atoms with Crippen LogP contribution in [0.3, 0.4) is 0 Å². The molecule has 1 aromatic heterocycles. The zero-order valence-corrected chi connectivity index (χ0v) is 9.99. The Kier molecular flexibility index (Phi) is 4.94. The molecule has 0 aliphatic rings. The van der Waals surface area contributed by atoms with Crippen LogP contribution < -0.4 is 5.32 Å². The molecule has 1 rings (SSSR count). The number of thiophene rings is 1. The fourth-order valence-electron chi connectivity index (χ4n) is 0.964. The number of hydrogen-bond acceptors (Lipinski definition) is 3. The second kappa shape index (κ2) is 5.75. The molecular formula is C9H14BrNOS. The topological polar surface area (TPSA) is 32.3 Å². The van der Waals surface area contributed by atoms with Crippen LogP contribution in [0, 0.1) is 0 Å². The second-order valence-electron chi connectivity index (χ2n) is 3.01. The van der Waals surface area contributed by atoms with E-state index in [4.69, 9.17) is 5.11 Å². The minimum atomic E-state index is -0.209. The van der Waals surface area contributed by atoms with E-state index in [0.29, 0.717) is 0 Å². The van der Waals surface area contributed by atoms with Crippen molar-refractivity contribution in [2.24, 2.45) is 0 Å². The maximum absolute atomic E-state index is 9.02. The van der Waals surface area contributed by atoms with Gasteiger partial charge in [0.15, 0.2) is 0 Å². The monoisotopic (exact) mass is 263 g/mol. The van der Waals surface area contributed by atoms with Crippen LogP contribution in [0.25, 0.3) is 0 Å². The van der Waals surface area contributed by atoms with Gasteiger partial charge >= 0.3 is 0 Å².